The van der Waals surface area contributed by atoms with Gasteiger partial charge in [0.25, 0.3) is 0 Å². The van der Waals surface area contributed by atoms with E-state index in [0.29, 0.717) is 24.0 Å². The van der Waals surface area contributed by atoms with Crippen molar-refractivity contribution in [2.45, 2.75) is 84.0 Å². The van der Waals surface area contributed by atoms with Crippen LogP contribution in [0.1, 0.15) is 84.0 Å². The van der Waals surface area contributed by atoms with Gasteiger partial charge < -0.3 is 15.2 Å². The Morgan fingerprint density at radius 1 is 0.885 bits per heavy atom. The van der Waals surface area contributed by atoms with E-state index in [2.05, 4.69) is 12.2 Å². The second-order valence-corrected chi connectivity index (χ2v) is 8.03. The zero-order valence-corrected chi connectivity index (χ0v) is 17.4. The summed E-state index contributed by atoms with van der Waals surface area (Å²) in [4.78, 5) is 22.4. The first-order valence-corrected chi connectivity index (χ1v) is 10.5. The van der Waals surface area contributed by atoms with Crippen molar-refractivity contribution in [3.05, 3.63) is 6.42 Å². The molecular weight excluding hydrogens is 328 g/mol. The first-order chi connectivity index (χ1) is 12.4. The van der Waals surface area contributed by atoms with E-state index >= 15 is 0 Å². The van der Waals surface area contributed by atoms with E-state index in [-0.39, 0.29) is 12.5 Å². The van der Waals surface area contributed by atoms with Crippen molar-refractivity contribution in [2.24, 2.45) is 0 Å². The van der Waals surface area contributed by atoms with Crippen LogP contribution in [0.2, 0.25) is 0 Å². The lowest BCUT2D eigenvalue weighted by molar-refractivity contribution is -0.880. The van der Waals surface area contributed by atoms with Crippen LogP contribution in [0.4, 0.5) is 0 Å². The van der Waals surface area contributed by atoms with E-state index in [1.165, 1.54) is 57.8 Å². The molecule has 0 aliphatic carbocycles. The highest BCUT2D eigenvalue weighted by atomic mass is 16.4. The number of quaternary nitrogens is 1. The Bertz CT molecular complexity index is 370. The minimum Gasteiger partial charge on any atom is -0.544 e. The largest absolute Gasteiger partial charge is 0.544 e. The predicted octanol–water partition coefficient (Wildman–Crippen LogP) is 2.83. The van der Waals surface area contributed by atoms with Gasteiger partial charge >= 0.3 is 0 Å². The summed E-state index contributed by atoms with van der Waals surface area (Å²) >= 11 is 0. The lowest BCUT2D eigenvalue weighted by atomic mass is 10.1. The van der Waals surface area contributed by atoms with Crippen molar-refractivity contribution in [3.63, 3.8) is 0 Å². The molecule has 26 heavy (non-hydrogen) atoms. The van der Waals surface area contributed by atoms with Gasteiger partial charge in [-0.2, -0.15) is 0 Å². The molecule has 0 aromatic heterocycles. The van der Waals surface area contributed by atoms with Crippen LogP contribution in [0, 0.1) is 6.42 Å². The van der Waals surface area contributed by atoms with Gasteiger partial charge in [-0.15, -0.1) is 0 Å². The summed E-state index contributed by atoms with van der Waals surface area (Å²) in [6.45, 7) is 3.31. The highest BCUT2D eigenvalue weighted by Gasteiger charge is 2.20. The zero-order valence-electron chi connectivity index (χ0n) is 17.4. The Morgan fingerprint density at radius 3 is 1.88 bits per heavy atom. The molecular formula is C21H41N2O3+. The molecule has 0 heterocycles. The van der Waals surface area contributed by atoms with Gasteiger partial charge in [-0.25, -0.2) is 0 Å². The molecule has 0 bridgehead atoms. The molecule has 0 fully saturated rings. The van der Waals surface area contributed by atoms with Crippen molar-refractivity contribution in [1.82, 2.24) is 5.32 Å². The van der Waals surface area contributed by atoms with Gasteiger partial charge in [0.2, 0.25) is 12.5 Å². The molecule has 0 rings (SSSR count). The van der Waals surface area contributed by atoms with Crippen LogP contribution >= 0.6 is 0 Å². The average Bonchev–Trinajstić information content (AvgIpc) is 2.55. The number of likely N-dealkylation sites (N-methyl/N-ethyl adjacent to an activating group) is 1. The lowest BCUT2D eigenvalue weighted by Crippen LogP contribution is -2.49. The smallest absolute Gasteiger partial charge is 0.223 e. The third-order valence-corrected chi connectivity index (χ3v) is 4.63. The monoisotopic (exact) mass is 369 g/mol. The first-order valence-electron chi connectivity index (χ1n) is 10.5. The average molecular weight is 370 g/mol. The van der Waals surface area contributed by atoms with Crippen molar-refractivity contribution >= 4 is 11.9 Å². The van der Waals surface area contributed by atoms with Gasteiger partial charge in [0.1, 0.15) is 6.54 Å². The highest BCUT2D eigenvalue weighted by Crippen LogP contribution is 2.11. The number of carbonyl (C=O) groups is 2. The molecule has 1 N–H and O–H groups in total. The second-order valence-electron chi connectivity index (χ2n) is 8.03. The fourth-order valence-electron chi connectivity index (χ4n) is 3.05. The zero-order chi connectivity index (χ0) is 19.7. The quantitative estimate of drug-likeness (QED) is 0.229. The van der Waals surface area contributed by atoms with E-state index in [4.69, 9.17) is 0 Å². The number of carboxylic acid groups (broad SMARTS) is 1. The first kappa shape index (κ1) is 24.8. The number of hydrogen-bond acceptors (Lipinski definition) is 3. The van der Waals surface area contributed by atoms with E-state index in [1.54, 1.807) is 0 Å². The minimum absolute atomic E-state index is 0.0246. The molecule has 0 aliphatic heterocycles. The Labute approximate surface area is 161 Å². The van der Waals surface area contributed by atoms with Crippen molar-refractivity contribution in [1.29, 1.82) is 0 Å². The number of carboxylic acids is 1. The molecule has 0 unspecified atom stereocenters. The third kappa shape index (κ3) is 17.6. The second kappa shape index (κ2) is 16.0. The summed E-state index contributed by atoms with van der Waals surface area (Å²) < 4.78 is 0.330. The molecule has 0 radical (unpaired) electrons. The molecule has 0 saturated carbocycles. The standard InChI is InChI=1S/C21H40N2O3/c1-4-5-6-7-8-9-10-11-12-13-14-16-20(24)22-17-15-18-23(2,3)19-21(25)26/h15H,4-14,16-19H2,1-3H3/p+1. The maximum Gasteiger partial charge on any atom is 0.223 e. The van der Waals surface area contributed by atoms with Crippen LogP contribution in [-0.4, -0.2) is 50.1 Å². The van der Waals surface area contributed by atoms with Gasteiger partial charge in [0, 0.05) is 6.42 Å². The number of aliphatic carboxylic acids is 1. The van der Waals surface area contributed by atoms with Crippen LogP contribution in [-0.2, 0) is 9.59 Å². The highest BCUT2D eigenvalue weighted by molar-refractivity contribution is 5.75. The van der Waals surface area contributed by atoms with E-state index < -0.39 is 5.97 Å². The topological polar surface area (TPSA) is 69.2 Å². The van der Waals surface area contributed by atoms with Gasteiger partial charge in [-0.05, 0) is 6.42 Å². The Morgan fingerprint density at radius 2 is 1.38 bits per heavy atom. The number of carbonyl (C=O) groups excluding carboxylic acids is 2. The minimum atomic E-state index is -1.05. The molecule has 0 spiro atoms. The summed E-state index contributed by atoms with van der Waals surface area (Å²) in [5.41, 5.74) is 0. The molecule has 0 aromatic rings. The third-order valence-electron chi connectivity index (χ3n) is 4.63. The van der Waals surface area contributed by atoms with Crippen LogP contribution in [0.3, 0.4) is 0 Å². The van der Waals surface area contributed by atoms with Gasteiger partial charge in [0.15, 0.2) is 13.0 Å². The molecule has 5 nitrogen and oxygen atoms in total. The van der Waals surface area contributed by atoms with Crippen molar-refractivity contribution in [3.8, 4) is 0 Å². The number of amides is 1. The Balaban J connectivity index is 3.38. The molecule has 0 saturated heterocycles. The summed E-state index contributed by atoms with van der Waals surface area (Å²) in [7, 11) is 3.67. The lowest BCUT2D eigenvalue weighted by Gasteiger charge is -2.25. The molecule has 0 aliphatic rings. The number of rotatable bonds is 18. The van der Waals surface area contributed by atoms with E-state index in [0.717, 1.165) is 12.8 Å². The molecule has 1 amide bonds. The Hall–Kier alpha value is -1.23. The fraction of sp³-hybridized carbons (Fsp3) is 0.857. The van der Waals surface area contributed by atoms with E-state index in [9.17, 15) is 14.7 Å². The van der Waals surface area contributed by atoms with Crippen molar-refractivity contribution in [2.75, 3.05) is 33.7 Å². The van der Waals surface area contributed by atoms with Gasteiger partial charge in [-0.1, -0.05) is 71.1 Å². The molecule has 5 heteroatoms. The van der Waals surface area contributed by atoms with Crippen LogP contribution < -0.4 is 10.4 Å². The summed E-state index contributed by atoms with van der Waals surface area (Å²) in [6, 6.07) is 0. The summed E-state index contributed by atoms with van der Waals surface area (Å²) in [5.74, 6) is -0.966. The van der Waals surface area contributed by atoms with Crippen LogP contribution in [0.15, 0.2) is 0 Å². The number of nitrogens with zero attached hydrogens (tertiary/aromatic N) is 1. The molecule has 0 atom stereocenters. The van der Waals surface area contributed by atoms with Gasteiger partial charge in [0.05, 0.1) is 20.1 Å². The molecule has 152 valence electrons. The normalized spacial score (nSPS) is 11.3. The summed E-state index contributed by atoms with van der Waals surface area (Å²) in [6.07, 6.45) is 16.6. The maximum absolute atomic E-state index is 11.8. The van der Waals surface area contributed by atoms with Crippen molar-refractivity contribution < 1.29 is 19.2 Å². The van der Waals surface area contributed by atoms with Gasteiger partial charge in [-0.3, -0.25) is 9.28 Å². The number of nitrogens with one attached hydrogen (secondary N) is 1. The SMILES string of the molecule is CCCCCCCCCCCCCC(=O)NC[CH+]C[N+](C)(C)CC(=O)[O-]. The molecule has 0 aromatic carbocycles. The van der Waals surface area contributed by atoms with Crippen LogP contribution in [0.25, 0.3) is 0 Å². The van der Waals surface area contributed by atoms with Crippen LogP contribution in [0.5, 0.6) is 0 Å². The Kier molecular flexibility index (Phi) is 15.2. The van der Waals surface area contributed by atoms with E-state index in [1.807, 2.05) is 20.5 Å². The maximum atomic E-state index is 11.8. The number of unbranched alkanes of at least 4 members (excludes halogenated alkanes) is 10. The predicted molar refractivity (Wildman–Crippen MR) is 105 cm³/mol. The number of hydrogen-bond donors (Lipinski definition) is 1. The fourth-order valence-corrected chi connectivity index (χ4v) is 3.05. The summed E-state index contributed by atoms with van der Waals surface area (Å²) in [5, 5.41) is 13.5.